The van der Waals surface area contributed by atoms with Crippen LogP contribution in [0.1, 0.15) is 18.7 Å². The van der Waals surface area contributed by atoms with E-state index in [-0.39, 0.29) is 0 Å². The number of rotatable bonds is 5. The number of imidazole rings is 1. The van der Waals surface area contributed by atoms with Crippen LogP contribution in [0, 0.1) is 0 Å². The second-order valence-electron chi connectivity index (χ2n) is 4.89. The van der Waals surface area contributed by atoms with Gasteiger partial charge in [-0.05, 0) is 26.0 Å². The molecule has 1 aliphatic rings. The van der Waals surface area contributed by atoms with Gasteiger partial charge in [-0.15, -0.1) is 11.6 Å². The number of pyridine rings is 1. The quantitative estimate of drug-likeness (QED) is 0.777. The zero-order valence-electron chi connectivity index (χ0n) is 10.5. The van der Waals surface area contributed by atoms with E-state index in [1.54, 1.807) is 6.20 Å². The van der Waals surface area contributed by atoms with Crippen molar-refractivity contribution in [2.75, 3.05) is 13.6 Å². The fourth-order valence-corrected chi connectivity index (χ4v) is 2.54. The molecule has 3 rings (SSSR count). The largest absolute Gasteiger partial charge is 0.326 e. The molecule has 0 aromatic carbocycles. The Balaban J connectivity index is 1.84. The van der Waals surface area contributed by atoms with Crippen molar-refractivity contribution in [1.82, 2.24) is 19.4 Å². The Morgan fingerprint density at radius 2 is 2.33 bits per heavy atom. The molecule has 0 saturated heterocycles. The second-order valence-corrected chi connectivity index (χ2v) is 5.16. The molecule has 96 valence electrons. The Labute approximate surface area is 112 Å². The summed E-state index contributed by atoms with van der Waals surface area (Å²) >= 11 is 5.98. The van der Waals surface area contributed by atoms with Crippen molar-refractivity contribution in [2.45, 2.75) is 31.3 Å². The molecule has 1 saturated carbocycles. The maximum Gasteiger partial charge on any atom is 0.124 e. The maximum atomic E-state index is 5.98. The van der Waals surface area contributed by atoms with Gasteiger partial charge in [0.2, 0.25) is 0 Å². The molecule has 0 atom stereocenters. The first kappa shape index (κ1) is 11.9. The number of hydrogen-bond donors (Lipinski definition) is 0. The van der Waals surface area contributed by atoms with E-state index in [2.05, 4.69) is 26.5 Å². The Bertz CT molecular complexity index is 547. The zero-order valence-corrected chi connectivity index (χ0v) is 11.3. The van der Waals surface area contributed by atoms with Gasteiger partial charge in [0.05, 0.1) is 17.6 Å². The smallest absolute Gasteiger partial charge is 0.124 e. The number of nitrogens with zero attached hydrogens (tertiary/aromatic N) is 4. The Hall–Kier alpha value is -1.13. The minimum atomic E-state index is 0.446. The van der Waals surface area contributed by atoms with Crippen molar-refractivity contribution in [1.29, 1.82) is 0 Å². The summed E-state index contributed by atoms with van der Waals surface area (Å²) in [7, 11) is 2.19. The summed E-state index contributed by atoms with van der Waals surface area (Å²) in [6.45, 7) is 1.98. The summed E-state index contributed by atoms with van der Waals surface area (Å²) in [4.78, 5) is 11.0. The predicted molar refractivity (Wildman–Crippen MR) is 72.7 cm³/mol. The lowest BCUT2D eigenvalue weighted by molar-refractivity contribution is 0.309. The lowest BCUT2D eigenvalue weighted by Gasteiger charge is -2.17. The molecule has 1 fully saturated rings. The van der Waals surface area contributed by atoms with Gasteiger partial charge in [0, 0.05) is 25.3 Å². The SMILES string of the molecule is CN(CCn1c(CCl)nc2cnccc21)C1CC1. The standard InChI is InChI=1S/C13H17ClN4/c1-17(10-2-3-10)6-7-18-12-4-5-15-9-11(12)16-13(18)8-14/h4-5,9-10H,2-3,6-8H2,1H3. The molecule has 0 N–H and O–H groups in total. The van der Waals surface area contributed by atoms with Gasteiger partial charge in [-0.25, -0.2) is 4.98 Å². The molecule has 2 aromatic rings. The van der Waals surface area contributed by atoms with Crippen LogP contribution in [0.3, 0.4) is 0 Å². The summed E-state index contributed by atoms with van der Waals surface area (Å²) in [6, 6.07) is 2.80. The summed E-state index contributed by atoms with van der Waals surface area (Å²) in [6.07, 6.45) is 6.29. The van der Waals surface area contributed by atoms with Crippen LogP contribution in [-0.4, -0.2) is 39.1 Å². The first-order valence-electron chi connectivity index (χ1n) is 6.35. The molecule has 0 bridgehead atoms. The van der Waals surface area contributed by atoms with Crippen LogP contribution in [0.2, 0.25) is 0 Å². The van der Waals surface area contributed by atoms with Crippen LogP contribution in [0.5, 0.6) is 0 Å². The Morgan fingerprint density at radius 1 is 1.50 bits per heavy atom. The van der Waals surface area contributed by atoms with Gasteiger partial charge in [0.15, 0.2) is 0 Å². The van der Waals surface area contributed by atoms with Crippen LogP contribution < -0.4 is 0 Å². The highest BCUT2D eigenvalue weighted by Gasteiger charge is 2.25. The zero-order chi connectivity index (χ0) is 12.5. The van der Waals surface area contributed by atoms with E-state index >= 15 is 0 Å². The van der Waals surface area contributed by atoms with Gasteiger partial charge in [0.25, 0.3) is 0 Å². The first-order valence-corrected chi connectivity index (χ1v) is 6.88. The Kier molecular flexibility index (Phi) is 3.22. The highest BCUT2D eigenvalue weighted by Crippen LogP contribution is 2.25. The monoisotopic (exact) mass is 264 g/mol. The number of aromatic nitrogens is 3. The number of halogens is 1. The lowest BCUT2D eigenvalue weighted by Crippen LogP contribution is -2.25. The van der Waals surface area contributed by atoms with Crippen molar-refractivity contribution < 1.29 is 0 Å². The van der Waals surface area contributed by atoms with Gasteiger partial charge in [-0.1, -0.05) is 0 Å². The second kappa shape index (κ2) is 4.86. The summed E-state index contributed by atoms with van der Waals surface area (Å²) in [5.41, 5.74) is 2.06. The van der Waals surface area contributed by atoms with Crippen LogP contribution in [0.15, 0.2) is 18.5 Å². The molecule has 2 aromatic heterocycles. The third kappa shape index (κ3) is 2.22. The number of likely N-dealkylation sites (N-methyl/N-ethyl adjacent to an activating group) is 1. The normalized spacial score (nSPS) is 15.7. The number of fused-ring (bicyclic) bond motifs is 1. The Morgan fingerprint density at radius 3 is 3.06 bits per heavy atom. The average molecular weight is 265 g/mol. The number of alkyl halides is 1. The molecule has 18 heavy (non-hydrogen) atoms. The van der Waals surface area contributed by atoms with Crippen LogP contribution >= 0.6 is 11.6 Å². The molecular weight excluding hydrogens is 248 g/mol. The van der Waals surface area contributed by atoms with E-state index in [9.17, 15) is 0 Å². The first-order chi connectivity index (χ1) is 8.79. The minimum absolute atomic E-state index is 0.446. The molecule has 5 heteroatoms. The van der Waals surface area contributed by atoms with Crippen molar-refractivity contribution in [2.24, 2.45) is 0 Å². The molecule has 0 radical (unpaired) electrons. The predicted octanol–water partition coefficient (Wildman–Crippen LogP) is 2.26. The highest BCUT2D eigenvalue weighted by atomic mass is 35.5. The van der Waals surface area contributed by atoms with Gasteiger partial charge in [-0.2, -0.15) is 0 Å². The fourth-order valence-electron chi connectivity index (χ4n) is 2.34. The maximum absolute atomic E-state index is 5.98. The summed E-state index contributed by atoms with van der Waals surface area (Å²) < 4.78 is 2.21. The van der Waals surface area contributed by atoms with E-state index < -0.39 is 0 Å². The number of hydrogen-bond acceptors (Lipinski definition) is 3. The molecule has 1 aliphatic carbocycles. The van der Waals surface area contributed by atoms with Gasteiger partial charge in [-0.3, -0.25) is 4.98 Å². The van der Waals surface area contributed by atoms with Gasteiger partial charge < -0.3 is 9.47 Å². The van der Waals surface area contributed by atoms with E-state index in [1.807, 2.05) is 12.3 Å². The summed E-state index contributed by atoms with van der Waals surface area (Å²) in [5, 5.41) is 0. The topological polar surface area (TPSA) is 34.0 Å². The molecule has 4 nitrogen and oxygen atoms in total. The van der Waals surface area contributed by atoms with Crippen molar-refractivity contribution >= 4 is 22.6 Å². The van der Waals surface area contributed by atoms with Crippen molar-refractivity contribution in [3.8, 4) is 0 Å². The van der Waals surface area contributed by atoms with Gasteiger partial charge in [0.1, 0.15) is 11.3 Å². The van der Waals surface area contributed by atoms with E-state index in [0.29, 0.717) is 5.88 Å². The summed E-state index contributed by atoms with van der Waals surface area (Å²) in [5.74, 6) is 1.38. The molecule has 0 unspecified atom stereocenters. The molecular formula is C13H17ClN4. The van der Waals surface area contributed by atoms with Crippen LogP contribution in [-0.2, 0) is 12.4 Å². The molecule has 0 spiro atoms. The average Bonchev–Trinajstić information content (AvgIpc) is 3.18. The van der Waals surface area contributed by atoms with E-state index in [0.717, 1.165) is 36.0 Å². The molecule has 2 heterocycles. The van der Waals surface area contributed by atoms with Crippen LogP contribution in [0.4, 0.5) is 0 Å². The third-order valence-electron chi connectivity index (χ3n) is 3.60. The van der Waals surface area contributed by atoms with Crippen molar-refractivity contribution in [3.63, 3.8) is 0 Å². The van der Waals surface area contributed by atoms with E-state index in [1.165, 1.54) is 12.8 Å². The molecule has 0 amide bonds. The van der Waals surface area contributed by atoms with Crippen LogP contribution in [0.25, 0.3) is 11.0 Å². The lowest BCUT2D eigenvalue weighted by atomic mass is 10.4. The minimum Gasteiger partial charge on any atom is -0.326 e. The van der Waals surface area contributed by atoms with Gasteiger partial charge >= 0.3 is 0 Å². The van der Waals surface area contributed by atoms with Crippen molar-refractivity contribution in [3.05, 3.63) is 24.3 Å². The highest BCUT2D eigenvalue weighted by molar-refractivity contribution is 6.16. The molecule has 0 aliphatic heterocycles. The third-order valence-corrected chi connectivity index (χ3v) is 3.83. The fraction of sp³-hybridized carbons (Fsp3) is 0.538. The van der Waals surface area contributed by atoms with E-state index in [4.69, 9.17) is 11.6 Å².